The van der Waals surface area contributed by atoms with Crippen LogP contribution in [0.15, 0.2) is 36.0 Å². The predicted molar refractivity (Wildman–Crippen MR) is 69.6 cm³/mol. The van der Waals surface area contributed by atoms with Crippen molar-refractivity contribution in [3.8, 4) is 5.69 Å². The van der Waals surface area contributed by atoms with E-state index in [1.54, 1.807) is 16.0 Å². The number of aliphatic hydroxyl groups excluding tert-OH is 1. The lowest BCUT2D eigenvalue weighted by Gasteiger charge is -2.08. The molecule has 100 valence electrons. The van der Waals surface area contributed by atoms with Gasteiger partial charge >= 0.3 is 5.97 Å². The summed E-state index contributed by atoms with van der Waals surface area (Å²) in [6.07, 6.45) is 2.02. The zero-order chi connectivity index (χ0) is 13.8. The summed E-state index contributed by atoms with van der Waals surface area (Å²) in [6.45, 7) is -0.322. The summed E-state index contributed by atoms with van der Waals surface area (Å²) < 4.78 is 1.79. The van der Waals surface area contributed by atoms with E-state index in [2.05, 4.69) is 5.32 Å². The fourth-order valence-electron chi connectivity index (χ4n) is 1.53. The van der Waals surface area contributed by atoms with E-state index in [1.807, 2.05) is 24.5 Å². The number of carboxylic acids is 1. The van der Waals surface area contributed by atoms with E-state index in [1.165, 1.54) is 11.3 Å². The normalized spacial score (nSPS) is 12.1. The largest absolute Gasteiger partial charge is 0.479 e. The van der Waals surface area contributed by atoms with Crippen molar-refractivity contribution >= 4 is 23.2 Å². The Morgan fingerprint density at radius 2 is 2.05 bits per heavy atom. The molecule has 0 fully saturated rings. The quantitative estimate of drug-likeness (QED) is 0.752. The Morgan fingerprint density at radius 1 is 1.37 bits per heavy atom. The first kappa shape index (κ1) is 13.3. The number of aromatic nitrogens is 1. The Kier molecular flexibility index (Phi) is 3.98. The lowest BCUT2D eigenvalue weighted by atomic mass is 10.3. The summed E-state index contributed by atoms with van der Waals surface area (Å²) in [4.78, 5) is 22.8. The number of carboxylic acid groups (broad SMARTS) is 1. The van der Waals surface area contributed by atoms with Crippen molar-refractivity contribution in [2.75, 3.05) is 6.54 Å². The lowest BCUT2D eigenvalue weighted by Crippen LogP contribution is -2.36. The van der Waals surface area contributed by atoms with Gasteiger partial charge in [0.2, 0.25) is 0 Å². The molecule has 0 radical (unpaired) electrons. The molecule has 2 aromatic rings. The number of nitrogens with one attached hydrogen (secondary N) is 1. The third-order valence-corrected chi connectivity index (χ3v) is 3.38. The zero-order valence-corrected chi connectivity index (χ0v) is 10.6. The molecule has 6 nitrogen and oxygen atoms in total. The predicted octanol–water partition coefficient (Wildman–Crippen LogP) is 0.714. The number of aliphatic carboxylic acids is 1. The van der Waals surface area contributed by atoms with Gasteiger partial charge in [-0.3, -0.25) is 4.79 Å². The Morgan fingerprint density at radius 3 is 2.68 bits per heavy atom. The number of carbonyl (C=O) groups excluding carboxylic acids is 1. The molecule has 0 bridgehead atoms. The van der Waals surface area contributed by atoms with Gasteiger partial charge in [-0.25, -0.2) is 4.79 Å². The van der Waals surface area contributed by atoms with Crippen LogP contribution in [0.25, 0.3) is 5.69 Å². The van der Waals surface area contributed by atoms with Gasteiger partial charge in [-0.1, -0.05) is 0 Å². The summed E-state index contributed by atoms with van der Waals surface area (Å²) >= 11 is 1.25. The second-order valence-corrected chi connectivity index (χ2v) is 4.71. The van der Waals surface area contributed by atoms with E-state index in [0.717, 1.165) is 5.69 Å². The van der Waals surface area contributed by atoms with Gasteiger partial charge in [0.15, 0.2) is 6.10 Å². The Hall–Kier alpha value is -2.12. The molecule has 0 saturated carbocycles. The highest BCUT2D eigenvalue weighted by Gasteiger charge is 2.18. The average molecular weight is 280 g/mol. The minimum atomic E-state index is -1.60. The van der Waals surface area contributed by atoms with Crippen LogP contribution in [0, 0.1) is 0 Å². The Balaban J connectivity index is 2.08. The number of thiophene rings is 1. The number of aliphatic hydroxyl groups is 1. The zero-order valence-electron chi connectivity index (χ0n) is 9.81. The lowest BCUT2D eigenvalue weighted by molar-refractivity contribution is -0.146. The first-order valence-electron chi connectivity index (χ1n) is 5.49. The summed E-state index contributed by atoms with van der Waals surface area (Å²) in [6, 6.07) is 5.48. The number of rotatable bonds is 5. The van der Waals surface area contributed by atoms with Crippen molar-refractivity contribution in [2.24, 2.45) is 0 Å². The summed E-state index contributed by atoms with van der Waals surface area (Å²) in [7, 11) is 0. The highest BCUT2D eigenvalue weighted by Crippen LogP contribution is 2.21. The van der Waals surface area contributed by atoms with Gasteiger partial charge in [0, 0.05) is 12.4 Å². The molecule has 0 aromatic carbocycles. The minimum absolute atomic E-state index is 0.322. The van der Waals surface area contributed by atoms with Crippen LogP contribution >= 0.6 is 11.3 Å². The molecule has 1 amide bonds. The standard InChI is InChI=1S/C12H12N2O4S/c15-9(12(17)18)7-13-11(16)10-8(3-6-19-10)14-4-1-2-5-14/h1-6,9,15H,7H2,(H,13,16)(H,17,18). The fraction of sp³-hybridized carbons (Fsp3) is 0.167. The topological polar surface area (TPSA) is 91.6 Å². The van der Waals surface area contributed by atoms with Crippen LogP contribution < -0.4 is 5.32 Å². The number of nitrogens with zero attached hydrogens (tertiary/aromatic N) is 1. The maximum Gasteiger partial charge on any atom is 0.334 e. The minimum Gasteiger partial charge on any atom is -0.479 e. The summed E-state index contributed by atoms with van der Waals surface area (Å²) in [5.74, 6) is -1.77. The van der Waals surface area contributed by atoms with Crippen LogP contribution in [-0.4, -0.2) is 39.3 Å². The Bertz CT molecular complexity index is 576. The van der Waals surface area contributed by atoms with Gasteiger partial charge in [0.25, 0.3) is 5.91 Å². The van der Waals surface area contributed by atoms with Crippen molar-refractivity contribution in [1.29, 1.82) is 0 Å². The third-order valence-electron chi connectivity index (χ3n) is 2.47. The molecular formula is C12H12N2O4S. The van der Waals surface area contributed by atoms with Crippen molar-refractivity contribution in [3.05, 3.63) is 40.8 Å². The first-order valence-corrected chi connectivity index (χ1v) is 6.37. The van der Waals surface area contributed by atoms with E-state index in [-0.39, 0.29) is 6.54 Å². The van der Waals surface area contributed by atoms with Crippen LogP contribution in [0.2, 0.25) is 0 Å². The average Bonchev–Trinajstić information content (AvgIpc) is 3.04. The highest BCUT2D eigenvalue weighted by molar-refractivity contribution is 7.12. The third kappa shape index (κ3) is 3.01. The summed E-state index contributed by atoms with van der Waals surface area (Å²) in [5.41, 5.74) is 0.720. The first-order chi connectivity index (χ1) is 9.09. The molecule has 19 heavy (non-hydrogen) atoms. The van der Waals surface area contributed by atoms with Crippen LogP contribution in [0.3, 0.4) is 0 Å². The molecule has 1 unspecified atom stereocenters. The molecule has 0 spiro atoms. The van der Waals surface area contributed by atoms with E-state index in [0.29, 0.717) is 4.88 Å². The van der Waals surface area contributed by atoms with E-state index >= 15 is 0 Å². The molecule has 2 aromatic heterocycles. The highest BCUT2D eigenvalue weighted by atomic mass is 32.1. The van der Waals surface area contributed by atoms with Gasteiger partial charge in [-0.2, -0.15) is 0 Å². The second kappa shape index (κ2) is 5.68. The van der Waals surface area contributed by atoms with Gasteiger partial charge in [0.05, 0.1) is 12.2 Å². The van der Waals surface area contributed by atoms with Crippen LogP contribution in [-0.2, 0) is 4.79 Å². The number of hydrogen-bond donors (Lipinski definition) is 3. The van der Waals surface area contributed by atoms with E-state index in [4.69, 9.17) is 10.2 Å². The van der Waals surface area contributed by atoms with Crippen molar-refractivity contribution < 1.29 is 19.8 Å². The maximum absolute atomic E-state index is 11.9. The second-order valence-electron chi connectivity index (χ2n) is 3.79. The van der Waals surface area contributed by atoms with Gasteiger partial charge in [-0.15, -0.1) is 11.3 Å². The maximum atomic E-state index is 11.9. The number of carbonyl (C=O) groups is 2. The Labute approximate surface area is 112 Å². The molecule has 2 heterocycles. The molecular weight excluding hydrogens is 268 g/mol. The van der Waals surface area contributed by atoms with Gasteiger partial charge < -0.3 is 20.1 Å². The molecule has 1 atom stereocenters. The monoisotopic (exact) mass is 280 g/mol. The van der Waals surface area contributed by atoms with Crippen LogP contribution in [0.5, 0.6) is 0 Å². The van der Waals surface area contributed by atoms with E-state index in [9.17, 15) is 9.59 Å². The van der Waals surface area contributed by atoms with Gasteiger partial charge in [-0.05, 0) is 23.6 Å². The fourth-order valence-corrected chi connectivity index (χ4v) is 2.33. The molecule has 0 aliphatic rings. The molecule has 0 aliphatic carbocycles. The summed E-state index contributed by atoms with van der Waals surface area (Å²) in [5, 5.41) is 21.8. The van der Waals surface area contributed by atoms with Crippen molar-refractivity contribution in [2.45, 2.75) is 6.10 Å². The van der Waals surface area contributed by atoms with Crippen LogP contribution in [0.4, 0.5) is 0 Å². The molecule has 3 N–H and O–H groups in total. The van der Waals surface area contributed by atoms with Gasteiger partial charge in [0.1, 0.15) is 4.88 Å². The number of amides is 1. The van der Waals surface area contributed by atoms with Crippen molar-refractivity contribution in [1.82, 2.24) is 9.88 Å². The van der Waals surface area contributed by atoms with Crippen LogP contribution in [0.1, 0.15) is 9.67 Å². The number of hydrogen-bond acceptors (Lipinski definition) is 4. The van der Waals surface area contributed by atoms with E-state index < -0.39 is 18.0 Å². The molecule has 0 aliphatic heterocycles. The SMILES string of the molecule is O=C(NCC(O)C(=O)O)c1sccc1-n1cccc1. The van der Waals surface area contributed by atoms with Crippen molar-refractivity contribution in [3.63, 3.8) is 0 Å². The molecule has 0 saturated heterocycles. The molecule has 7 heteroatoms. The molecule has 2 rings (SSSR count). The smallest absolute Gasteiger partial charge is 0.334 e.